The quantitative estimate of drug-likeness (QED) is 0.0215. The van der Waals surface area contributed by atoms with E-state index in [0.717, 1.165) is 77.0 Å². The monoisotopic (exact) mass is 823 g/mol. The molecular formula is C48H89NO7P+. The van der Waals surface area contributed by atoms with E-state index in [2.05, 4.69) is 74.6 Å². The third kappa shape index (κ3) is 45.1. The van der Waals surface area contributed by atoms with Gasteiger partial charge in [0.05, 0.1) is 34.4 Å². The van der Waals surface area contributed by atoms with Gasteiger partial charge in [-0.3, -0.25) is 13.8 Å². The average Bonchev–Trinajstić information content (AvgIpc) is 3.16. The van der Waals surface area contributed by atoms with Crippen molar-refractivity contribution < 1.29 is 37.3 Å². The molecule has 0 saturated carbocycles. The smallest absolute Gasteiger partial charge is 0.457 e. The molecule has 0 saturated heterocycles. The van der Waals surface area contributed by atoms with Gasteiger partial charge in [-0.05, 0) is 83.5 Å². The molecule has 1 N–H and O–H groups in total. The van der Waals surface area contributed by atoms with Crippen LogP contribution in [0.2, 0.25) is 0 Å². The van der Waals surface area contributed by atoms with Crippen LogP contribution in [0.15, 0.2) is 60.8 Å². The Morgan fingerprint density at radius 2 is 0.965 bits per heavy atom. The molecule has 2 atom stereocenters. The predicted molar refractivity (Wildman–Crippen MR) is 242 cm³/mol. The summed E-state index contributed by atoms with van der Waals surface area (Å²) in [6.07, 6.45) is 51.1. The predicted octanol–water partition coefficient (Wildman–Crippen LogP) is 13.7. The number of carbonyl (C=O) groups is 1. The Balaban J connectivity index is 4.25. The van der Waals surface area contributed by atoms with E-state index < -0.39 is 13.9 Å². The van der Waals surface area contributed by atoms with Crippen LogP contribution in [0.5, 0.6) is 0 Å². The molecule has 0 aliphatic rings. The number of hydrogen-bond acceptors (Lipinski definition) is 6. The van der Waals surface area contributed by atoms with Gasteiger partial charge in [-0.15, -0.1) is 0 Å². The Morgan fingerprint density at radius 1 is 0.544 bits per heavy atom. The zero-order valence-electron chi connectivity index (χ0n) is 37.6. The van der Waals surface area contributed by atoms with Gasteiger partial charge in [0, 0.05) is 13.0 Å². The van der Waals surface area contributed by atoms with E-state index in [9.17, 15) is 14.3 Å². The lowest BCUT2D eigenvalue weighted by molar-refractivity contribution is -0.870. The number of esters is 1. The van der Waals surface area contributed by atoms with Crippen LogP contribution in [-0.4, -0.2) is 75.6 Å². The fraction of sp³-hybridized carbons (Fsp3) is 0.771. The molecule has 8 nitrogen and oxygen atoms in total. The molecule has 0 amide bonds. The summed E-state index contributed by atoms with van der Waals surface area (Å²) in [6, 6.07) is 0. The third-order valence-electron chi connectivity index (χ3n) is 9.55. The second-order valence-corrected chi connectivity index (χ2v) is 17.9. The van der Waals surface area contributed by atoms with Gasteiger partial charge in [0.1, 0.15) is 19.3 Å². The number of phosphoric acid groups is 1. The Bertz CT molecular complexity index is 1090. The maximum absolute atomic E-state index is 12.7. The number of ether oxygens (including phenoxy) is 2. The van der Waals surface area contributed by atoms with Gasteiger partial charge < -0.3 is 18.9 Å². The molecule has 0 aliphatic heterocycles. The highest BCUT2D eigenvalue weighted by atomic mass is 31.2. The first-order valence-corrected chi connectivity index (χ1v) is 24.5. The zero-order chi connectivity index (χ0) is 42.0. The number of phosphoric ester groups is 1. The van der Waals surface area contributed by atoms with Crippen molar-refractivity contribution in [1.82, 2.24) is 0 Å². The normalized spacial score (nSPS) is 14.3. The third-order valence-corrected chi connectivity index (χ3v) is 10.5. The molecule has 0 aliphatic carbocycles. The van der Waals surface area contributed by atoms with E-state index in [1.54, 1.807) is 0 Å². The van der Waals surface area contributed by atoms with E-state index >= 15 is 0 Å². The topological polar surface area (TPSA) is 91.3 Å². The number of rotatable bonds is 42. The van der Waals surface area contributed by atoms with E-state index in [1.165, 1.54) is 83.5 Å². The largest absolute Gasteiger partial charge is 0.472 e. The fourth-order valence-electron chi connectivity index (χ4n) is 5.94. The van der Waals surface area contributed by atoms with Gasteiger partial charge in [0.15, 0.2) is 0 Å². The van der Waals surface area contributed by atoms with Crippen LogP contribution in [0, 0.1) is 0 Å². The molecule has 0 fully saturated rings. The van der Waals surface area contributed by atoms with Gasteiger partial charge >= 0.3 is 13.8 Å². The number of hydrogen-bond donors (Lipinski definition) is 1. The van der Waals surface area contributed by atoms with Crippen LogP contribution < -0.4 is 0 Å². The van der Waals surface area contributed by atoms with Gasteiger partial charge in [-0.25, -0.2) is 4.57 Å². The minimum atomic E-state index is -4.28. The Morgan fingerprint density at radius 3 is 1.44 bits per heavy atom. The number of quaternary nitrogens is 1. The summed E-state index contributed by atoms with van der Waals surface area (Å²) >= 11 is 0. The van der Waals surface area contributed by atoms with Crippen LogP contribution in [0.25, 0.3) is 0 Å². The summed E-state index contributed by atoms with van der Waals surface area (Å²) in [4.78, 5) is 22.9. The van der Waals surface area contributed by atoms with Gasteiger partial charge in [-0.1, -0.05) is 152 Å². The number of unbranched alkanes of at least 4 members (excludes halogenated alkanes) is 18. The van der Waals surface area contributed by atoms with E-state index in [-0.39, 0.29) is 25.8 Å². The maximum Gasteiger partial charge on any atom is 0.472 e. The van der Waals surface area contributed by atoms with Crippen molar-refractivity contribution in [3.05, 3.63) is 60.8 Å². The van der Waals surface area contributed by atoms with Gasteiger partial charge in [0.2, 0.25) is 0 Å². The van der Waals surface area contributed by atoms with Crippen LogP contribution in [0.1, 0.15) is 181 Å². The molecule has 332 valence electrons. The van der Waals surface area contributed by atoms with Crippen LogP contribution >= 0.6 is 7.82 Å². The summed E-state index contributed by atoms with van der Waals surface area (Å²) < 4.78 is 35.0. The van der Waals surface area contributed by atoms with Crippen molar-refractivity contribution in [2.24, 2.45) is 0 Å². The summed E-state index contributed by atoms with van der Waals surface area (Å²) in [5.41, 5.74) is 0. The van der Waals surface area contributed by atoms with Crippen molar-refractivity contribution in [2.75, 3.05) is 54.1 Å². The first kappa shape index (κ1) is 55.2. The Labute approximate surface area is 351 Å². The van der Waals surface area contributed by atoms with E-state index in [1.807, 2.05) is 21.1 Å². The van der Waals surface area contributed by atoms with Crippen LogP contribution in [0.4, 0.5) is 0 Å². The van der Waals surface area contributed by atoms with Crippen molar-refractivity contribution in [1.29, 1.82) is 0 Å². The fourth-order valence-corrected chi connectivity index (χ4v) is 6.68. The molecular weight excluding hydrogens is 734 g/mol. The van der Waals surface area contributed by atoms with Crippen molar-refractivity contribution in [2.45, 2.75) is 187 Å². The highest BCUT2D eigenvalue weighted by molar-refractivity contribution is 7.47. The van der Waals surface area contributed by atoms with E-state index in [4.69, 9.17) is 18.5 Å². The first-order valence-electron chi connectivity index (χ1n) is 23.0. The second-order valence-electron chi connectivity index (χ2n) is 16.4. The number of nitrogens with zero attached hydrogens (tertiary/aromatic N) is 1. The van der Waals surface area contributed by atoms with Crippen molar-refractivity contribution in [3.8, 4) is 0 Å². The molecule has 0 aromatic carbocycles. The molecule has 0 radical (unpaired) electrons. The van der Waals surface area contributed by atoms with Crippen molar-refractivity contribution >= 4 is 13.8 Å². The molecule has 0 bridgehead atoms. The summed E-state index contributed by atoms with van der Waals surface area (Å²) in [6.45, 7) is 5.52. The molecule has 0 heterocycles. The standard InChI is InChI=1S/C48H88NO7P/c1-6-8-10-12-14-16-18-20-22-23-24-25-26-28-30-32-34-36-38-40-43-53-45-47(46-55-57(51,52)54-44-42-49(3,4)5)56-48(50)41-39-37-35-33-31-29-27-21-19-17-15-13-11-9-7-2/h14-17,20-22,24-25,27,47H,6-13,18-19,23,26,28-46H2,1-5H3/p+1/b16-14-,17-15-,22-20-,25-24-,27-21-. The highest BCUT2D eigenvalue weighted by Crippen LogP contribution is 2.43. The molecule has 0 aromatic rings. The summed E-state index contributed by atoms with van der Waals surface area (Å²) in [5, 5.41) is 0. The maximum atomic E-state index is 12.7. The Kier molecular flexibility index (Phi) is 39.7. The van der Waals surface area contributed by atoms with Gasteiger partial charge in [-0.2, -0.15) is 0 Å². The molecule has 2 unspecified atom stereocenters. The lowest BCUT2D eigenvalue weighted by Gasteiger charge is -2.24. The molecule has 0 aromatic heterocycles. The number of allylic oxidation sites excluding steroid dienone is 10. The lowest BCUT2D eigenvalue weighted by Crippen LogP contribution is -2.37. The minimum absolute atomic E-state index is 0.0810. The number of carbonyl (C=O) groups excluding carboxylic acids is 1. The summed E-state index contributed by atoms with van der Waals surface area (Å²) in [5.74, 6) is -0.333. The second kappa shape index (κ2) is 41.0. The molecule has 0 spiro atoms. The number of likely N-dealkylation sites (N-methyl/N-ethyl adjacent to an activating group) is 1. The van der Waals surface area contributed by atoms with Crippen LogP contribution in [-0.2, 0) is 27.9 Å². The average molecular weight is 823 g/mol. The zero-order valence-corrected chi connectivity index (χ0v) is 38.5. The molecule has 0 rings (SSSR count). The minimum Gasteiger partial charge on any atom is -0.457 e. The Hall–Kier alpha value is -1.80. The van der Waals surface area contributed by atoms with Crippen molar-refractivity contribution in [3.63, 3.8) is 0 Å². The summed E-state index contributed by atoms with van der Waals surface area (Å²) in [7, 11) is 1.64. The lowest BCUT2D eigenvalue weighted by atomic mass is 10.1. The van der Waals surface area contributed by atoms with Gasteiger partial charge in [0.25, 0.3) is 0 Å². The SMILES string of the molecule is CCCCC/C=C\C/C=C\C/C=C\CCCCCCCCCOCC(COP(=O)(O)OCC[N+](C)(C)C)OC(=O)CCCCCCC/C=C\C/C=C\CCCCC. The van der Waals surface area contributed by atoms with Crippen LogP contribution in [0.3, 0.4) is 0 Å². The van der Waals surface area contributed by atoms with E-state index in [0.29, 0.717) is 24.1 Å². The molecule has 9 heteroatoms. The first-order chi connectivity index (χ1) is 27.6. The molecule has 57 heavy (non-hydrogen) atoms. The highest BCUT2D eigenvalue weighted by Gasteiger charge is 2.26.